The molecular formula is C28H31NO6. The average molecular weight is 478 g/mol. The molecule has 2 aromatic rings. The Kier molecular flexibility index (Phi) is 6.41. The number of benzene rings is 1. The van der Waals surface area contributed by atoms with Gasteiger partial charge in [0.25, 0.3) is 0 Å². The molecule has 0 unspecified atom stereocenters. The number of methoxy groups -OCH3 is 2. The molecule has 2 aliphatic carbocycles. The molecule has 2 atom stereocenters. The lowest BCUT2D eigenvalue weighted by molar-refractivity contribution is -0.144. The van der Waals surface area contributed by atoms with Crippen molar-refractivity contribution in [1.82, 2.24) is 5.32 Å². The van der Waals surface area contributed by atoms with Gasteiger partial charge in [0.1, 0.15) is 11.9 Å². The van der Waals surface area contributed by atoms with E-state index in [0.29, 0.717) is 46.7 Å². The zero-order valence-corrected chi connectivity index (χ0v) is 20.4. The molecule has 5 rings (SSSR count). The molecular weight excluding hydrogens is 446 g/mol. The quantitative estimate of drug-likeness (QED) is 0.576. The fraction of sp³-hybridized carbons (Fsp3) is 0.429. The fourth-order valence-electron chi connectivity index (χ4n) is 5.71. The second-order valence-corrected chi connectivity index (χ2v) is 9.43. The van der Waals surface area contributed by atoms with Crippen molar-refractivity contribution in [1.29, 1.82) is 0 Å². The van der Waals surface area contributed by atoms with Gasteiger partial charge >= 0.3 is 5.97 Å². The molecule has 0 amide bonds. The van der Waals surface area contributed by atoms with Crippen molar-refractivity contribution in [2.45, 2.75) is 63.4 Å². The zero-order valence-electron chi connectivity index (χ0n) is 20.4. The van der Waals surface area contributed by atoms with Crippen LogP contribution < -0.4 is 14.8 Å². The van der Waals surface area contributed by atoms with Gasteiger partial charge in [-0.25, -0.2) is 4.79 Å². The number of para-hydroxylation sites is 1. The molecule has 184 valence electrons. The predicted octanol–water partition coefficient (Wildman–Crippen LogP) is 5.14. The predicted molar refractivity (Wildman–Crippen MR) is 129 cm³/mol. The largest absolute Gasteiger partial charge is 0.493 e. The number of hydrogen-bond acceptors (Lipinski definition) is 7. The van der Waals surface area contributed by atoms with Crippen LogP contribution in [-0.2, 0) is 14.3 Å². The maximum Gasteiger partial charge on any atom is 0.337 e. The second kappa shape index (κ2) is 9.64. The third kappa shape index (κ3) is 4.24. The van der Waals surface area contributed by atoms with Crippen LogP contribution in [0.1, 0.15) is 68.6 Å². The minimum Gasteiger partial charge on any atom is -0.493 e. The summed E-state index contributed by atoms with van der Waals surface area (Å²) < 4.78 is 22.8. The summed E-state index contributed by atoms with van der Waals surface area (Å²) in [7, 11) is 3.14. The molecule has 0 spiro atoms. The molecule has 1 aromatic carbocycles. The lowest BCUT2D eigenvalue weighted by Crippen LogP contribution is -2.36. The SMILES string of the molecule is COc1cccc([C@@H]2C(C(=O)OC3CCCC3)=C(C)NC3=C2C(=O)C[C@H](c2ccco2)C3)c1OC. The number of Topliss-reactive ketones (excluding diaryl/α,β-unsaturated/α-hetero) is 1. The number of ether oxygens (including phenoxy) is 3. The number of furan rings is 1. The number of hydrogen-bond donors (Lipinski definition) is 1. The van der Waals surface area contributed by atoms with Gasteiger partial charge < -0.3 is 23.9 Å². The van der Waals surface area contributed by atoms with Crippen LogP contribution in [-0.4, -0.2) is 32.1 Å². The Labute approximate surface area is 205 Å². The van der Waals surface area contributed by atoms with Gasteiger partial charge in [-0.1, -0.05) is 12.1 Å². The first-order chi connectivity index (χ1) is 17.0. The summed E-state index contributed by atoms with van der Waals surface area (Å²) >= 11 is 0. The molecule has 0 saturated heterocycles. The summed E-state index contributed by atoms with van der Waals surface area (Å²) in [6.45, 7) is 1.87. The Morgan fingerprint density at radius 3 is 2.54 bits per heavy atom. The minimum atomic E-state index is -0.616. The number of rotatable bonds is 6. The highest BCUT2D eigenvalue weighted by molar-refractivity contribution is 6.04. The Morgan fingerprint density at radius 1 is 1.06 bits per heavy atom. The minimum absolute atomic E-state index is 0.0197. The average Bonchev–Trinajstić information content (AvgIpc) is 3.57. The first-order valence-electron chi connectivity index (χ1n) is 12.2. The van der Waals surface area contributed by atoms with Crippen molar-refractivity contribution in [3.05, 3.63) is 70.5 Å². The van der Waals surface area contributed by atoms with E-state index in [4.69, 9.17) is 18.6 Å². The molecule has 1 saturated carbocycles. The Bertz CT molecular complexity index is 1190. The van der Waals surface area contributed by atoms with E-state index in [1.165, 1.54) is 0 Å². The van der Waals surface area contributed by atoms with Crippen molar-refractivity contribution in [2.75, 3.05) is 14.2 Å². The number of nitrogens with one attached hydrogen (secondary N) is 1. The van der Waals surface area contributed by atoms with Crippen LogP contribution in [0.3, 0.4) is 0 Å². The van der Waals surface area contributed by atoms with Crippen LogP contribution in [0.2, 0.25) is 0 Å². The van der Waals surface area contributed by atoms with Gasteiger partial charge in [-0.15, -0.1) is 0 Å². The molecule has 0 radical (unpaired) electrons. The highest BCUT2D eigenvalue weighted by atomic mass is 16.5. The number of carbonyl (C=O) groups excluding carboxylic acids is 2. The molecule has 1 aliphatic heterocycles. The number of allylic oxidation sites excluding steroid dienone is 3. The van der Waals surface area contributed by atoms with Gasteiger partial charge in [-0.3, -0.25) is 4.79 Å². The highest BCUT2D eigenvalue weighted by Gasteiger charge is 2.43. The summed E-state index contributed by atoms with van der Waals surface area (Å²) in [6, 6.07) is 9.30. The molecule has 2 heterocycles. The molecule has 1 N–H and O–H groups in total. The van der Waals surface area contributed by atoms with E-state index < -0.39 is 5.92 Å². The lowest BCUT2D eigenvalue weighted by atomic mass is 9.72. The highest BCUT2D eigenvalue weighted by Crippen LogP contribution is 2.49. The van der Waals surface area contributed by atoms with Crippen LogP contribution in [0.5, 0.6) is 11.5 Å². The molecule has 1 aromatic heterocycles. The third-order valence-corrected chi connectivity index (χ3v) is 7.31. The normalized spacial score (nSPS) is 22.7. The zero-order chi connectivity index (χ0) is 24.5. The maximum atomic E-state index is 13.7. The number of ketones is 1. The third-order valence-electron chi connectivity index (χ3n) is 7.31. The smallest absolute Gasteiger partial charge is 0.337 e. The Morgan fingerprint density at radius 2 is 1.86 bits per heavy atom. The number of dihydropyridines is 1. The van der Waals surface area contributed by atoms with Crippen molar-refractivity contribution >= 4 is 11.8 Å². The van der Waals surface area contributed by atoms with Gasteiger partial charge in [-0.2, -0.15) is 0 Å². The number of carbonyl (C=O) groups is 2. The van der Waals surface area contributed by atoms with E-state index in [0.717, 1.165) is 37.1 Å². The van der Waals surface area contributed by atoms with Gasteiger partial charge in [0.15, 0.2) is 17.3 Å². The molecule has 7 heteroatoms. The Balaban J connectivity index is 1.61. The van der Waals surface area contributed by atoms with Crippen LogP contribution in [0.25, 0.3) is 0 Å². The van der Waals surface area contributed by atoms with E-state index in [2.05, 4.69) is 5.32 Å². The molecule has 7 nitrogen and oxygen atoms in total. The maximum absolute atomic E-state index is 13.7. The first-order valence-corrected chi connectivity index (χ1v) is 12.2. The standard InChI is InChI=1S/C28H31NO6/c1-16-24(28(31)35-18-8-4-5-9-18)25(19-10-6-11-23(32-2)27(19)33-3)26-20(29-16)14-17(15-21(26)30)22-12-7-13-34-22/h6-7,10-13,17-18,25,29H,4-5,8-9,14-15H2,1-3H3/t17-,25-/m1/s1. The molecule has 35 heavy (non-hydrogen) atoms. The van der Waals surface area contributed by atoms with E-state index in [1.54, 1.807) is 26.5 Å². The molecule has 0 bridgehead atoms. The van der Waals surface area contributed by atoms with Gasteiger partial charge in [-0.05, 0) is 57.2 Å². The summed E-state index contributed by atoms with van der Waals surface area (Å²) in [5, 5.41) is 3.39. The monoisotopic (exact) mass is 477 g/mol. The van der Waals surface area contributed by atoms with Gasteiger partial charge in [0.05, 0.1) is 32.0 Å². The van der Waals surface area contributed by atoms with E-state index >= 15 is 0 Å². The van der Waals surface area contributed by atoms with Crippen molar-refractivity contribution in [3.63, 3.8) is 0 Å². The summed E-state index contributed by atoms with van der Waals surface area (Å²) in [6.07, 6.45) is 6.32. The lowest BCUT2D eigenvalue weighted by Gasteiger charge is -2.37. The van der Waals surface area contributed by atoms with E-state index in [-0.39, 0.29) is 23.8 Å². The van der Waals surface area contributed by atoms with Crippen LogP contribution >= 0.6 is 0 Å². The molecule has 3 aliphatic rings. The van der Waals surface area contributed by atoms with Gasteiger partial charge in [0.2, 0.25) is 0 Å². The second-order valence-electron chi connectivity index (χ2n) is 9.43. The van der Waals surface area contributed by atoms with Crippen molar-refractivity contribution in [2.24, 2.45) is 0 Å². The van der Waals surface area contributed by atoms with Crippen molar-refractivity contribution < 1.29 is 28.2 Å². The van der Waals surface area contributed by atoms with Crippen LogP contribution in [0.15, 0.2) is 63.6 Å². The van der Waals surface area contributed by atoms with E-state index in [1.807, 2.05) is 31.2 Å². The summed E-state index contributed by atoms with van der Waals surface area (Å²) in [4.78, 5) is 27.3. The summed E-state index contributed by atoms with van der Waals surface area (Å²) in [5.74, 6) is 0.761. The Hall–Kier alpha value is -3.48. The summed E-state index contributed by atoms with van der Waals surface area (Å²) in [5.41, 5.74) is 3.25. The fourth-order valence-corrected chi connectivity index (χ4v) is 5.71. The van der Waals surface area contributed by atoms with Gasteiger partial charge in [0, 0.05) is 34.9 Å². The number of esters is 1. The van der Waals surface area contributed by atoms with Crippen LogP contribution in [0.4, 0.5) is 0 Å². The van der Waals surface area contributed by atoms with E-state index in [9.17, 15) is 9.59 Å². The topological polar surface area (TPSA) is 87.0 Å². The first kappa shape index (κ1) is 23.3. The van der Waals surface area contributed by atoms with Crippen LogP contribution in [0, 0.1) is 0 Å². The van der Waals surface area contributed by atoms with Crippen molar-refractivity contribution in [3.8, 4) is 11.5 Å². The molecule has 1 fully saturated rings.